The molecule has 2 rings (SSSR count). The van der Waals surface area contributed by atoms with Gasteiger partial charge in [-0.05, 0) is 43.2 Å². The third-order valence-corrected chi connectivity index (χ3v) is 4.04. The number of nitrogens with zero attached hydrogens (tertiary/aromatic N) is 1. The van der Waals surface area contributed by atoms with E-state index >= 15 is 0 Å². The van der Waals surface area contributed by atoms with Crippen molar-refractivity contribution in [2.24, 2.45) is 11.8 Å². The van der Waals surface area contributed by atoms with Gasteiger partial charge in [-0.15, -0.1) is 0 Å². The van der Waals surface area contributed by atoms with E-state index in [1.165, 1.54) is 19.3 Å². The minimum Gasteiger partial charge on any atom is -0.396 e. The summed E-state index contributed by atoms with van der Waals surface area (Å²) in [5.41, 5.74) is 6.55. The van der Waals surface area contributed by atoms with Gasteiger partial charge in [0, 0.05) is 6.04 Å². The number of nitrogens with two attached hydrogens (primary N) is 1. The summed E-state index contributed by atoms with van der Waals surface area (Å²) < 4.78 is 0. The van der Waals surface area contributed by atoms with Crippen LogP contribution in [-0.4, -0.2) is 11.0 Å². The van der Waals surface area contributed by atoms with Crippen LogP contribution in [0.15, 0.2) is 12.1 Å². The maximum atomic E-state index is 5.88. The molecule has 0 bridgehead atoms. The molecular formula is C13H20ClN3. The average Bonchev–Trinajstić information content (AvgIpc) is 2.29. The number of anilines is 2. The Morgan fingerprint density at radius 1 is 1.29 bits per heavy atom. The second kappa shape index (κ2) is 5.13. The van der Waals surface area contributed by atoms with Gasteiger partial charge < -0.3 is 11.1 Å². The van der Waals surface area contributed by atoms with Crippen LogP contribution in [0.2, 0.25) is 5.15 Å². The third-order valence-electron chi connectivity index (χ3n) is 3.83. The van der Waals surface area contributed by atoms with Gasteiger partial charge >= 0.3 is 0 Å². The number of nitrogen functional groups attached to an aromatic ring is 1. The highest BCUT2D eigenvalue weighted by atomic mass is 35.5. The molecule has 3 nitrogen and oxygen atoms in total. The van der Waals surface area contributed by atoms with Crippen LogP contribution in [0.1, 0.15) is 33.1 Å². The zero-order valence-corrected chi connectivity index (χ0v) is 11.2. The summed E-state index contributed by atoms with van der Waals surface area (Å²) in [4.78, 5) is 4.24. The smallest absolute Gasteiger partial charge is 0.151 e. The van der Waals surface area contributed by atoms with Crippen molar-refractivity contribution < 1.29 is 0 Å². The Labute approximate surface area is 108 Å². The number of pyridine rings is 1. The molecule has 3 atom stereocenters. The van der Waals surface area contributed by atoms with Gasteiger partial charge in [-0.25, -0.2) is 4.98 Å². The van der Waals surface area contributed by atoms with Crippen LogP contribution >= 0.6 is 11.6 Å². The number of hydrogen-bond acceptors (Lipinski definition) is 3. The highest BCUT2D eigenvalue weighted by molar-refractivity contribution is 6.29. The van der Waals surface area contributed by atoms with Crippen molar-refractivity contribution in [3.05, 3.63) is 17.3 Å². The van der Waals surface area contributed by atoms with Gasteiger partial charge in [0.15, 0.2) is 5.82 Å². The van der Waals surface area contributed by atoms with Crippen molar-refractivity contribution in [1.29, 1.82) is 0 Å². The quantitative estimate of drug-likeness (QED) is 0.793. The Morgan fingerprint density at radius 3 is 2.76 bits per heavy atom. The van der Waals surface area contributed by atoms with E-state index in [9.17, 15) is 0 Å². The zero-order chi connectivity index (χ0) is 12.4. The first kappa shape index (κ1) is 12.5. The molecule has 0 radical (unpaired) electrons. The molecule has 17 heavy (non-hydrogen) atoms. The molecule has 0 amide bonds. The molecule has 3 unspecified atom stereocenters. The molecule has 4 heteroatoms. The fraction of sp³-hybridized carbons (Fsp3) is 0.615. The van der Waals surface area contributed by atoms with E-state index in [4.69, 9.17) is 17.3 Å². The van der Waals surface area contributed by atoms with Gasteiger partial charge in [-0.3, -0.25) is 0 Å². The highest BCUT2D eigenvalue weighted by Gasteiger charge is 2.24. The van der Waals surface area contributed by atoms with E-state index in [1.54, 1.807) is 12.1 Å². The SMILES string of the molecule is CC1CCC(Nc2nc(Cl)ccc2N)CC1C. The second-order valence-corrected chi connectivity index (χ2v) is 5.57. The number of aromatic nitrogens is 1. The number of rotatable bonds is 2. The lowest BCUT2D eigenvalue weighted by Crippen LogP contribution is -2.30. The second-order valence-electron chi connectivity index (χ2n) is 5.18. The van der Waals surface area contributed by atoms with Gasteiger partial charge in [0.2, 0.25) is 0 Å². The van der Waals surface area contributed by atoms with Gasteiger partial charge in [-0.2, -0.15) is 0 Å². The summed E-state index contributed by atoms with van der Waals surface area (Å²) in [6.07, 6.45) is 3.62. The molecule has 1 aromatic heterocycles. The Balaban J connectivity index is 2.03. The molecule has 0 spiro atoms. The van der Waals surface area contributed by atoms with Crippen LogP contribution in [0.4, 0.5) is 11.5 Å². The lowest BCUT2D eigenvalue weighted by Gasteiger charge is -2.33. The lowest BCUT2D eigenvalue weighted by molar-refractivity contribution is 0.260. The Kier molecular flexibility index (Phi) is 3.77. The van der Waals surface area contributed by atoms with Crippen molar-refractivity contribution in [3.63, 3.8) is 0 Å². The summed E-state index contributed by atoms with van der Waals surface area (Å²) in [5.74, 6) is 2.30. The van der Waals surface area contributed by atoms with Gasteiger partial charge in [0.25, 0.3) is 0 Å². The number of hydrogen-bond donors (Lipinski definition) is 2. The topological polar surface area (TPSA) is 50.9 Å². The standard InChI is InChI=1S/C13H20ClN3/c1-8-3-4-10(7-9(8)2)16-13-11(15)5-6-12(14)17-13/h5-6,8-10H,3-4,7,15H2,1-2H3,(H,16,17). The van der Waals surface area contributed by atoms with Crippen LogP contribution in [0.5, 0.6) is 0 Å². The van der Waals surface area contributed by atoms with Crippen LogP contribution in [-0.2, 0) is 0 Å². The van der Waals surface area contributed by atoms with Gasteiger partial charge in [0.1, 0.15) is 5.15 Å². The minimum absolute atomic E-state index is 0.467. The van der Waals surface area contributed by atoms with Crippen molar-refractivity contribution in [2.75, 3.05) is 11.1 Å². The number of nitrogens with one attached hydrogen (secondary N) is 1. The lowest BCUT2D eigenvalue weighted by atomic mass is 9.79. The molecule has 1 heterocycles. The predicted octanol–water partition coefficient (Wildman–Crippen LogP) is 3.55. The monoisotopic (exact) mass is 253 g/mol. The average molecular weight is 254 g/mol. The van der Waals surface area contributed by atoms with Crippen molar-refractivity contribution in [2.45, 2.75) is 39.2 Å². The van der Waals surface area contributed by atoms with Crippen molar-refractivity contribution >= 4 is 23.1 Å². The van der Waals surface area contributed by atoms with Crippen LogP contribution < -0.4 is 11.1 Å². The maximum absolute atomic E-state index is 5.88. The van der Waals surface area contributed by atoms with E-state index < -0.39 is 0 Å². The molecule has 1 aliphatic carbocycles. The van der Waals surface area contributed by atoms with Crippen molar-refractivity contribution in [3.8, 4) is 0 Å². The van der Waals surface area contributed by atoms with Crippen LogP contribution in [0.3, 0.4) is 0 Å². The first-order valence-electron chi connectivity index (χ1n) is 6.25. The van der Waals surface area contributed by atoms with E-state index in [1.807, 2.05) is 0 Å². The van der Waals surface area contributed by atoms with Gasteiger partial charge in [-0.1, -0.05) is 25.4 Å². The summed E-state index contributed by atoms with van der Waals surface area (Å²) in [6, 6.07) is 3.98. The molecular weight excluding hydrogens is 234 g/mol. The molecule has 1 fully saturated rings. The molecule has 1 aliphatic rings. The summed E-state index contributed by atoms with van der Waals surface area (Å²) in [5, 5.41) is 3.91. The summed E-state index contributed by atoms with van der Waals surface area (Å²) in [6.45, 7) is 4.64. The van der Waals surface area contributed by atoms with E-state index in [2.05, 4.69) is 24.1 Å². The minimum atomic E-state index is 0.467. The molecule has 3 N–H and O–H groups in total. The Hall–Kier alpha value is -0.960. The van der Waals surface area contributed by atoms with Crippen molar-refractivity contribution in [1.82, 2.24) is 4.98 Å². The van der Waals surface area contributed by atoms with E-state index in [-0.39, 0.29) is 0 Å². The van der Waals surface area contributed by atoms with Crippen LogP contribution in [0, 0.1) is 11.8 Å². The molecule has 94 valence electrons. The normalized spacial score (nSPS) is 29.0. The van der Waals surface area contributed by atoms with E-state index in [0.29, 0.717) is 16.9 Å². The molecule has 0 aliphatic heterocycles. The predicted molar refractivity (Wildman–Crippen MR) is 73.2 cm³/mol. The number of halogens is 1. The molecule has 0 saturated heterocycles. The molecule has 1 saturated carbocycles. The Bertz CT molecular complexity index is 394. The Morgan fingerprint density at radius 2 is 2.06 bits per heavy atom. The molecule has 0 aromatic carbocycles. The third kappa shape index (κ3) is 3.03. The largest absolute Gasteiger partial charge is 0.396 e. The maximum Gasteiger partial charge on any atom is 0.151 e. The fourth-order valence-corrected chi connectivity index (χ4v) is 2.58. The molecule has 1 aromatic rings. The fourth-order valence-electron chi connectivity index (χ4n) is 2.43. The first-order valence-corrected chi connectivity index (χ1v) is 6.62. The van der Waals surface area contributed by atoms with Crippen LogP contribution in [0.25, 0.3) is 0 Å². The summed E-state index contributed by atoms with van der Waals surface area (Å²) in [7, 11) is 0. The zero-order valence-electron chi connectivity index (χ0n) is 10.4. The summed E-state index contributed by atoms with van der Waals surface area (Å²) >= 11 is 5.88. The van der Waals surface area contributed by atoms with Gasteiger partial charge in [0.05, 0.1) is 5.69 Å². The first-order chi connectivity index (χ1) is 8.06. The van der Waals surface area contributed by atoms with E-state index in [0.717, 1.165) is 17.7 Å². The highest BCUT2D eigenvalue weighted by Crippen LogP contribution is 2.31.